The van der Waals surface area contributed by atoms with Gasteiger partial charge in [-0.25, -0.2) is 18.1 Å². The van der Waals surface area contributed by atoms with Crippen molar-refractivity contribution in [2.24, 2.45) is 0 Å². The predicted molar refractivity (Wildman–Crippen MR) is 161 cm³/mol. The highest BCUT2D eigenvalue weighted by Gasteiger charge is 2.44. The van der Waals surface area contributed by atoms with Gasteiger partial charge in [-0.1, -0.05) is 55.4 Å². The molecule has 0 aromatic heterocycles. The topological polar surface area (TPSA) is 49.4 Å². The van der Waals surface area contributed by atoms with Crippen molar-refractivity contribution in [1.82, 2.24) is 5.06 Å². The Morgan fingerprint density at radius 2 is 0.917 bits per heavy atom. The third-order valence-electron chi connectivity index (χ3n) is 6.06. The minimum Gasteiger partial charge on any atom is -0.299 e. The lowest BCUT2D eigenvalue weighted by Crippen LogP contribution is -2.39. The first-order valence-corrected chi connectivity index (χ1v) is 19.2. The molecule has 0 saturated carbocycles. The summed E-state index contributed by atoms with van der Waals surface area (Å²) >= 11 is 0. The van der Waals surface area contributed by atoms with Crippen molar-refractivity contribution < 1.29 is 22.9 Å². The van der Waals surface area contributed by atoms with Crippen LogP contribution in [0.25, 0.3) is 0 Å². The van der Waals surface area contributed by atoms with Crippen LogP contribution >= 0.6 is 15.4 Å². The van der Waals surface area contributed by atoms with E-state index >= 15 is 0 Å². The van der Waals surface area contributed by atoms with Gasteiger partial charge in [-0.15, -0.1) is 0 Å². The van der Waals surface area contributed by atoms with Gasteiger partial charge in [0.25, 0.3) is 15.4 Å². The van der Waals surface area contributed by atoms with Crippen LogP contribution in [0.3, 0.4) is 0 Å². The molecule has 36 heavy (non-hydrogen) atoms. The van der Waals surface area contributed by atoms with Crippen molar-refractivity contribution in [3.05, 3.63) is 0 Å². The number of hydroxylamine groups is 2. The van der Waals surface area contributed by atoms with E-state index in [0.29, 0.717) is 6.04 Å². The molecule has 0 bridgehead atoms. The highest BCUT2D eigenvalue weighted by Crippen LogP contribution is 2.63. The lowest BCUT2D eigenvalue weighted by atomic mass is 10.1. The van der Waals surface area contributed by atoms with Gasteiger partial charge < -0.3 is 0 Å². The summed E-state index contributed by atoms with van der Waals surface area (Å²) in [6.07, 6.45) is 13.4. The highest BCUT2D eigenvalue weighted by molar-refractivity contribution is 7.66. The molecule has 8 heteroatoms. The molecule has 6 nitrogen and oxygen atoms in total. The first-order chi connectivity index (χ1) is 17.5. The van der Waals surface area contributed by atoms with Gasteiger partial charge >= 0.3 is 0 Å². The lowest BCUT2D eigenvalue weighted by molar-refractivity contribution is -0.184. The third-order valence-corrected chi connectivity index (χ3v) is 12.7. The van der Waals surface area contributed by atoms with E-state index in [1.807, 2.05) is 0 Å². The van der Waals surface area contributed by atoms with Crippen LogP contribution in [0.4, 0.5) is 0 Å². The van der Waals surface area contributed by atoms with Crippen LogP contribution in [-0.4, -0.2) is 75.3 Å². The maximum absolute atomic E-state index is 6.51. The van der Waals surface area contributed by atoms with Crippen molar-refractivity contribution in [2.45, 2.75) is 119 Å². The van der Waals surface area contributed by atoms with E-state index in [1.165, 1.54) is 0 Å². The molecule has 1 atom stereocenters. The quantitative estimate of drug-likeness (QED) is 0.0744. The Balaban J connectivity index is 5.62. The normalized spacial score (nSPS) is 13.6. The van der Waals surface area contributed by atoms with Crippen LogP contribution in [0.1, 0.15) is 113 Å². The highest BCUT2D eigenvalue weighted by atomic mass is 31.2. The van der Waals surface area contributed by atoms with E-state index in [9.17, 15) is 0 Å². The summed E-state index contributed by atoms with van der Waals surface area (Å²) in [5.74, 6) is 0. The van der Waals surface area contributed by atoms with Gasteiger partial charge in [-0.05, 0) is 51.4 Å². The molecular weight excluding hydrogens is 492 g/mol. The molecule has 0 aromatic carbocycles. The second kappa shape index (κ2) is 23.5. The van der Waals surface area contributed by atoms with E-state index in [4.69, 9.17) is 22.9 Å². The SMILES string of the molecule is CCCON(CC[P+](CCC)(OCCC)OCCC)C(CC)CC[P+](CCC)(OCCC)OCCC. The smallest absolute Gasteiger partial charge is 0.276 e. The van der Waals surface area contributed by atoms with E-state index < -0.39 is 15.4 Å². The fourth-order valence-corrected chi connectivity index (χ4v) is 10.5. The van der Waals surface area contributed by atoms with E-state index in [-0.39, 0.29) is 0 Å². The summed E-state index contributed by atoms with van der Waals surface area (Å²) in [7, 11) is -3.80. The summed E-state index contributed by atoms with van der Waals surface area (Å²) in [5.41, 5.74) is 0. The molecule has 0 amide bonds. The number of rotatable bonds is 27. The average Bonchev–Trinajstić information content (AvgIpc) is 2.89. The first-order valence-electron chi connectivity index (χ1n) is 15.2. The van der Waals surface area contributed by atoms with E-state index in [2.05, 4.69) is 60.5 Å². The zero-order chi connectivity index (χ0) is 27.1. The number of nitrogens with zero attached hydrogens (tertiary/aromatic N) is 1. The molecule has 0 fully saturated rings. The molecule has 0 aliphatic carbocycles. The van der Waals surface area contributed by atoms with Crippen molar-refractivity contribution in [2.75, 3.05) is 64.2 Å². The maximum atomic E-state index is 6.51. The van der Waals surface area contributed by atoms with E-state index in [1.54, 1.807) is 0 Å². The molecule has 0 aliphatic rings. The molecular formula is C28H63NO5P2+2. The zero-order valence-corrected chi connectivity index (χ0v) is 27.2. The molecule has 218 valence electrons. The van der Waals surface area contributed by atoms with Crippen LogP contribution in [0.5, 0.6) is 0 Å². The second-order valence-corrected chi connectivity index (χ2v) is 15.8. The molecule has 0 aromatic rings. The Hall–Kier alpha value is 0.620. The third kappa shape index (κ3) is 15.3. The molecule has 0 rings (SSSR count). The maximum Gasteiger partial charge on any atom is 0.276 e. The number of hydrogen-bond donors (Lipinski definition) is 0. The van der Waals surface area contributed by atoms with Crippen LogP contribution in [0.2, 0.25) is 0 Å². The van der Waals surface area contributed by atoms with Crippen LogP contribution < -0.4 is 0 Å². The molecule has 0 radical (unpaired) electrons. The largest absolute Gasteiger partial charge is 0.299 e. The second-order valence-electron chi connectivity index (χ2n) is 9.68. The van der Waals surface area contributed by atoms with Gasteiger partial charge in [-0.3, -0.25) is 4.84 Å². The Kier molecular flexibility index (Phi) is 23.9. The van der Waals surface area contributed by atoms with Crippen molar-refractivity contribution in [3.8, 4) is 0 Å². The van der Waals surface area contributed by atoms with Crippen molar-refractivity contribution in [3.63, 3.8) is 0 Å². The molecule has 0 aliphatic heterocycles. The summed E-state index contributed by atoms with van der Waals surface area (Å²) in [6.45, 7) is 22.4. The fourth-order valence-electron chi connectivity index (χ4n) is 4.24. The average molecular weight is 556 g/mol. The summed E-state index contributed by atoms with van der Waals surface area (Å²) in [6, 6.07) is 0.337. The van der Waals surface area contributed by atoms with Gasteiger partial charge in [0.2, 0.25) is 0 Å². The minimum absolute atomic E-state index is 0.337. The first kappa shape index (κ1) is 36.6. The van der Waals surface area contributed by atoms with Gasteiger partial charge in [0.1, 0.15) is 24.6 Å². The monoisotopic (exact) mass is 555 g/mol. The van der Waals surface area contributed by atoms with Crippen LogP contribution in [-0.2, 0) is 22.9 Å². The van der Waals surface area contributed by atoms with E-state index in [0.717, 1.165) is 122 Å². The molecule has 0 N–H and O–H groups in total. The summed E-state index contributed by atoms with van der Waals surface area (Å²) in [5, 5.41) is 2.26. The molecule has 0 heterocycles. The summed E-state index contributed by atoms with van der Waals surface area (Å²) < 4.78 is 26.0. The van der Waals surface area contributed by atoms with Crippen molar-refractivity contribution >= 4 is 15.4 Å². The van der Waals surface area contributed by atoms with Crippen LogP contribution in [0.15, 0.2) is 0 Å². The summed E-state index contributed by atoms with van der Waals surface area (Å²) in [4.78, 5) is 6.39. The lowest BCUT2D eigenvalue weighted by Gasteiger charge is -2.33. The van der Waals surface area contributed by atoms with Gasteiger partial charge in [0, 0.05) is 12.5 Å². The standard InChI is InChI=1S/C28H63NO5P2/c1-9-19-30-29(18-27-36(25-15-7,33-22-12-4)34-23-13-5)28(16-8)17-26-35(24-14-6,31-20-10-2)32-21-11-3/h28H,9-27H2,1-8H3/q+2. The predicted octanol–water partition coefficient (Wildman–Crippen LogP) is 9.02. The number of hydrogen-bond acceptors (Lipinski definition) is 6. The molecule has 0 saturated heterocycles. The van der Waals surface area contributed by atoms with Crippen LogP contribution in [0, 0.1) is 0 Å². The Labute approximate surface area is 226 Å². The Bertz CT molecular complexity index is 471. The Morgan fingerprint density at radius 3 is 1.28 bits per heavy atom. The zero-order valence-electron chi connectivity index (χ0n) is 25.4. The van der Waals surface area contributed by atoms with Gasteiger partial charge in [-0.2, -0.15) is 5.06 Å². The minimum atomic E-state index is -1.92. The Morgan fingerprint density at radius 1 is 0.500 bits per heavy atom. The molecule has 1 unspecified atom stereocenters. The van der Waals surface area contributed by atoms with Gasteiger partial charge in [0.05, 0.1) is 39.6 Å². The molecule has 0 spiro atoms. The van der Waals surface area contributed by atoms with Crippen molar-refractivity contribution in [1.29, 1.82) is 0 Å². The fraction of sp³-hybridized carbons (Fsp3) is 1.00. The van der Waals surface area contributed by atoms with Gasteiger partial charge in [0.15, 0.2) is 0 Å².